The second-order valence-electron chi connectivity index (χ2n) is 4.79. The van der Waals surface area contributed by atoms with Crippen molar-refractivity contribution in [3.05, 3.63) is 28.0 Å². The second kappa shape index (κ2) is 4.63. The molecule has 0 aromatic carbocycles. The molecule has 1 fully saturated rings. The first-order valence-electron chi connectivity index (χ1n) is 5.72. The van der Waals surface area contributed by atoms with Gasteiger partial charge in [0.05, 0.1) is 5.60 Å². The molecule has 1 amide bonds. The average Bonchev–Trinajstić information content (AvgIpc) is 2.81. The van der Waals surface area contributed by atoms with Gasteiger partial charge in [0, 0.05) is 28.9 Å². The second-order valence-corrected chi connectivity index (χ2v) is 6.11. The number of thiophene rings is 1. The predicted molar refractivity (Wildman–Crippen MR) is 69.9 cm³/mol. The highest BCUT2D eigenvalue weighted by Crippen LogP contribution is 2.21. The van der Waals surface area contributed by atoms with Crippen LogP contribution in [0.15, 0.2) is 18.2 Å². The molecule has 1 aromatic heterocycles. The standard InChI is InChI=1S/C13H17NO2S/c1-10-3-4-11(17-10)5-6-12(15)14-8-7-13(2,16)9-14/h3-6,16H,7-9H2,1-2H3/b6-5+. The van der Waals surface area contributed by atoms with E-state index in [9.17, 15) is 9.90 Å². The molecule has 2 heterocycles. The SMILES string of the molecule is Cc1ccc(/C=C/C(=O)N2CCC(C)(O)C2)s1. The first-order chi connectivity index (χ1) is 7.96. The van der Waals surface area contributed by atoms with E-state index in [-0.39, 0.29) is 5.91 Å². The minimum absolute atomic E-state index is 0.0196. The molecule has 1 saturated heterocycles. The zero-order chi connectivity index (χ0) is 12.5. The van der Waals surface area contributed by atoms with Gasteiger partial charge in [-0.15, -0.1) is 11.3 Å². The monoisotopic (exact) mass is 251 g/mol. The highest BCUT2D eigenvalue weighted by molar-refractivity contribution is 7.12. The van der Waals surface area contributed by atoms with E-state index in [1.807, 2.05) is 25.1 Å². The van der Waals surface area contributed by atoms with Gasteiger partial charge < -0.3 is 10.0 Å². The van der Waals surface area contributed by atoms with Crippen LogP contribution in [0.4, 0.5) is 0 Å². The van der Waals surface area contributed by atoms with Crippen LogP contribution in [0.5, 0.6) is 0 Å². The minimum Gasteiger partial charge on any atom is -0.388 e. The molecule has 2 rings (SSSR count). The molecule has 1 atom stereocenters. The Morgan fingerprint density at radius 3 is 2.88 bits per heavy atom. The molecule has 1 N–H and O–H groups in total. The molecule has 3 nitrogen and oxygen atoms in total. The van der Waals surface area contributed by atoms with Crippen molar-refractivity contribution in [1.29, 1.82) is 0 Å². The largest absolute Gasteiger partial charge is 0.388 e. The van der Waals surface area contributed by atoms with Gasteiger partial charge in [0.25, 0.3) is 0 Å². The number of aliphatic hydroxyl groups is 1. The number of hydrogen-bond acceptors (Lipinski definition) is 3. The van der Waals surface area contributed by atoms with E-state index in [1.165, 1.54) is 4.88 Å². The maximum atomic E-state index is 11.8. The smallest absolute Gasteiger partial charge is 0.246 e. The summed E-state index contributed by atoms with van der Waals surface area (Å²) in [5, 5.41) is 9.79. The summed E-state index contributed by atoms with van der Waals surface area (Å²) in [5.74, 6) is -0.0196. The lowest BCUT2D eigenvalue weighted by atomic mass is 10.1. The molecule has 1 unspecified atom stereocenters. The molecule has 1 aliphatic heterocycles. The summed E-state index contributed by atoms with van der Waals surface area (Å²) in [6.07, 6.45) is 4.09. The number of nitrogens with zero attached hydrogens (tertiary/aromatic N) is 1. The molecular formula is C13H17NO2S. The maximum absolute atomic E-state index is 11.8. The number of amides is 1. The number of β-amino-alcohol motifs (C(OH)–C–C–N with tert-alkyl or cyclic N) is 1. The highest BCUT2D eigenvalue weighted by atomic mass is 32.1. The molecule has 0 aliphatic carbocycles. The van der Waals surface area contributed by atoms with Gasteiger partial charge in [-0.05, 0) is 38.5 Å². The summed E-state index contributed by atoms with van der Waals surface area (Å²) in [7, 11) is 0. The van der Waals surface area contributed by atoms with Crippen LogP contribution in [0.1, 0.15) is 23.1 Å². The van der Waals surface area contributed by atoms with Gasteiger partial charge in [0.1, 0.15) is 0 Å². The number of aryl methyl sites for hydroxylation is 1. The molecule has 0 saturated carbocycles. The first kappa shape index (κ1) is 12.3. The van der Waals surface area contributed by atoms with E-state index < -0.39 is 5.60 Å². The third-order valence-corrected chi connectivity index (χ3v) is 3.88. The summed E-state index contributed by atoms with van der Waals surface area (Å²) in [6, 6.07) is 4.04. The van der Waals surface area contributed by atoms with Crippen molar-refractivity contribution in [3.8, 4) is 0 Å². The highest BCUT2D eigenvalue weighted by Gasteiger charge is 2.32. The van der Waals surface area contributed by atoms with Crippen molar-refractivity contribution in [2.45, 2.75) is 25.9 Å². The zero-order valence-corrected chi connectivity index (χ0v) is 11.0. The van der Waals surface area contributed by atoms with Crippen molar-refractivity contribution in [1.82, 2.24) is 4.90 Å². The molecule has 4 heteroatoms. The van der Waals surface area contributed by atoms with Crippen LogP contribution in [0, 0.1) is 6.92 Å². The predicted octanol–water partition coefficient (Wildman–Crippen LogP) is 2.05. The lowest BCUT2D eigenvalue weighted by Crippen LogP contribution is -2.32. The molecule has 92 valence electrons. The summed E-state index contributed by atoms with van der Waals surface area (Å²) >= 11 is 1.67. The van der Waals surface area contributed by atoms with E-state index >= 15 is 0 Å². The van der Waals surface area contributed by atoms with Crippen molar-refractivity contribution in [2.75, 3.05) is 13.1 Å². The van der Waals surface area contributed by atoms with Gasteiger partial charge in [-0.2, -0.15) is 0 Å². The molecule has 17 heavy (non-hydrogen) atoms. The van der Waals surface area contributed by atoms with Gasteiger partial charge in [0.2, 0.25) is 5.91 Å². The Hall–Kier alpha value is -1.13. The fourth-order valence-corrected chi connectivity index (χ4v) is 2.72. The van der Waals surface area contributed by atoms with Crippen LogP contribution in [0.3, 0.4) is 0 Å². The summed E-state index contributed by atoms with van der Waals surface area (Å²) < 4.78 is 0. The van der Waals surface area contributed by atoms with E-state index in [1.54, 1.807) is 29.2 Å². The van der Waals surface area contributed by atoms with Crippen LogP contribution in [0.2, 0.25) is 0 Å². The fraction of sp³-hybridized carbons (Fsp3) is 0.462. The van der Waals surface area contributed by atoms with E-state index in [0.717, 1.165) is 4.88 Å². The van der Waals surface area contributed by atoms with E-state index in [2.05, 4.69) is 0 Å². The molecule has 0 spiro atoms. The number of rotatable bonds is 2. The fourth-order valence-electron chi connectivity index (χ4n) is 1.94. The Labute approximate surface area is 105 Å². The van der Waals surface area contributed by atoms with Gasteiger partial charge in [-0.1, -0.05) is 0 Å². The molecule has 0 bridgehead atoms. The third-order valence-electron chi connectivity index (χ3n) is 2.91. The Kier molecular flexibility index (Phi) is 3.35. The van der Waals surface area contributed by atoms with Crippen molar-refractivity contribution >= 4 is 23.3 Å². The van der Waals surface area contributed by atoms with Gasteiger partial charge in [-0.3, -0.25) is 4.79 Å². The van der Waals surface area contributed by atoms with Crippen LogP contribution in [-0.2, 0) is 4.79 Å². The molecular weight excluding hydrogens is 234 g/mol. The number of carbonyl (C=O) groups is 1. The number of likely N-dealkylation sites (tertiary alicyclic amines) is 1. The normalized spacial score (nSPS) is 24.8. The van der Waals surface area contributed by atoms with Crippen LogP contribution < -0.4 is 0 Å². The maximum Gasteiger partial charge on any atom is 0.246 e. The first-order valence-corrected chi connectivity index (χ1v) is 6.54. The van der Waals surface area contributed by atoms with Gasteiger partial charge in [0.15, 0.2) is 0 Å². The summed E-state index contributed by atoms with van der Waals surface area (Å²) in [4.78, 5) is 15.9. The van der Waals surface area contributed by atoms with Gasteiger partial charge >= 0.3 is 0 Å². The Bertz CT molecular complexity index is 448. The van der Waals surface area contributed by atoms with E-state index in [0.29, 0.717) is 19.5 Å². The van der Waals surface area contributed by atoms with E-state index in [4.69, 9.17) is 0 Å². The third kappa shape index (κ3) is 3.17. The lowest BCUT2D eigenvalue weighted by molar-refractivity contribution is -0.125. The van der Waals surface area contributed by atoms with Crippen LogP contribution in [0.25, 0.3) is 6.08 Å². The van der Waals surface area contributed by atoms with Gasteiger partial charge in [-0.25, -0.2) is 0 Å². The van der Waals surface area contributed by atoms with Crippen LogP contribution in [-0.4, -0.2) is 34.6 Å². The summed E-state index contributed by atoms with van der Waals surface area (Å²) in [6.45, 7) is 4.88. The topological polar surface area (TPSA) is 40.5 Å². The number of hydrogen-bond donors (Lipinski definition) is 1. The number of carbonyl (C=O) groups excluding carboxylic acids is 1. The van der Waals surface area contributed by atoms with Crippen molar-refractivity contribution in [3.63, 3.8) is 0 Å². The molecule has 0 radical (unpaired) electrons. The summed E-state index contributed by atoms with van der Waals surface area (Å²) in [5.41, 5.74) is -0.719. The quantitative estimate of drug-likeness (QED) is 0.817. The zero-order valence-electron chi connectivity index (χ0n) is 10.1. The Balaban J connectivity index is 1.96. The van der Waals surface area contributed by atoms with Crippen LogP contribution >= 0.6 is 11.3 Å². The lowest BCUT2D eigenvalue weighted by Gasteiger charge is -2.17. The van der Waals surface area contributed by atoms with Crippen molar-refractivity contribution < 1.29 is 9.90 Å². The molecule has 1 aliphatic rings. The Morgan fingerprint density at radius 1 is 1.59 bits per heavy atom. The average molecular weight is 251 g/mol. The molecule has 1 aromatic rings. The Morgan fingerprint density at radius 2 is 2.35 bits per heavy atom. The van der Waals surface area contributed by atoms with Crippen molar-refractivity contribution in [2.24, 2.45) is 0 Å². The minimum atomic E-state index is -0.719.